The maximum absolute atomic E-state index is 12.0. The molecule has 148 valence electrons. The quantitative estimate of drug-likeness (QED) is 0.542. The van der Waals surface area contributed by atoms with E-state index in [-0.39, 0.29) is 11.4 Å². The third-order valence-corrected chi connectivity index (χ3v) is 8.23. The Morgan fingerprint density at radius 3 is 2.58 bits per heavy atom. The monoisotopic (exact) mass is 362 g/mol. The molecule has 2 aliphatic carbocycles. The van der Waals surface area contributed by atoms with Crippen LogP contribution in [-0.2, 0) is 14.3 Å². The van der Waals surface area contributed by atoms with Gasteiger partial charge in [-0.25, -0.2) is 4.79 Å². The zero-order chi connectivity index (χ0) is 19.1. The third-order valence-electron chi connectivity index (χ3n) is 8.23. The molecule has 26 heavy (non-hydrogen) atoms. The van der Waals surface area contributed by atoms with E-state index in [4.69, 9.17) is 9.47 Å². The summed E-state index contributed by atoms with van der Waals surface area (Å²) in [6.07, 6.45) is 10.0. The van der Waals surface area contributed by atoms with Gasteiger partial charge >= 0.3 is 5.97 Å². The van der Waals surface area contributed by atoms with E-state index >= 15 is 0 Å². The van der Waals surface area contributed by atoms with E-state index < -0.39 is 5.79 Å². The second-order valence-corrected chi connectivity index (χ2v) is 9.69. The minimum absolute atomic E-state index is 0.217. The largest absolute Gasteiger partial charge is 0.426 e. The predicted molar refractivity (Wildman–Crippen MR) is 104 cm³/mol. The van der Waals surface area contributed by atoms with Gasteiger partial charge in [-0.05, 0) is 60.7 Å². The Bertz CT molecular complexity index is 566. The van der Waals surface area contributed by atoms with Crippen molar-refractivity contribution < 1.29 is 14.3 Å². The lowest BCUT2D eigenvalue weighted by atomic mass is 9.59. The van der Waals surface area contributed by atoms with Gasteiger partial charge in [-0.3, -0.25) is 0 Å². The SMILES string of the molecule is CCC(CCC(C)C1CCC2C3=CC(=O)OC3(OC)CCC21C)C(C)C. The van der Waals surface area contributed by atoms with Crippen molar-refractivity contribution in [2.24, 2.45) is 35.0 Å². The lowest BCUT2D eigenvalue weighted by Crippen LogP contribution is -2.47. The molecule has 0 spiro atoms. The van der Waals surface area contributed by atoms with Crippen molar-refractivity contribution >= 4 is 5.97 Å². The summed E-state index contributed by atoms with van der Waals surface area (Å²) >= 11 is 0. The second-order valence-electron chi connectivity index (χ2n) is 9.69. The van der Waals surface area contributed by atoms with Gasteiger partial charge in [0.25, 0.3) is 0 Å². The van der Waals surface area contributed by atoms with Gasteiger partial charge in [0.2, 0.25) is 5.79 Å². The van der Waals surface area contributed by atoms with Crippen LogP contribution in [0.25, 0.3) is 0 Å². The van der Waals surface area contributed by atoms with Gasteiger partial charge in [0.15, 0.2) is 0 Å². The van der Waals surface area contributed by atoms with Gasteiger partial charge in [-0.1, -0.05) is 47.5 Å². The number of rotatable bonds is 7. The number of fused-ring (bicyclic) bond motifs is 3. The Balaban J connectivity index is 1.73. The van der Waals surface area contributed by atoms with Gasteiger partial charge in [-0.2, -0.15) is 0 Å². The summed E-state index contributed by atoms with van der Waals surface area (Å²) in [7, 11) is 1.68. The van der Waals surface area contributed by atoms with E-state index in [1.165, 1.54) is 32.1 Å². The van der Waals surface area contributed by atoms with Crippen LogP contribution >= 0.6 is 0 Å². The van der Waals surface area contributed by atoms with Crippen molar-refractivity contribution in [3.8, 4) is 0 Å². The Labute approximate surface area is 159 Å². The molecular weight excluding hydrogens is 324 g/mol. The molecule has 0 aromatic rings. The van der Waals surface area contributed by atoms with Crippen LogP contribution in [0.4, 0.5) is 0 Å². The maximum Gasteiger partial charge on any atom is 0.333 e. The van der Waals surface area contributed by atoms with Crippen LogP contribution in [0.5, 0.6) is 0 Å². The number of carbonyl (C=O) groups is 1. The van der Waals surface area contributed by atoms with E-state index in [1.54, 1.807) is 13.2 Å². The second kappa shape index (κ2) is 7.30. The molecule has 1 heterocycles. The molecular formula is C23H38O3. The minimum atomic E-state index is -0.760. The molecule has 0 aromatic heterocycles. The zero-order valence-electron chi connectivity index (χ0n) is 17.6. The van der Waals surface area contributed by atoms with Crippen LogP contribution in [0, 0.1) is 35.0 Å². The molecule has 3 nitrogen and oxygen atoms in total. The van der Waals surface area contributed by atoms with Crippen molar-refractivity contribution in [3.63, 3.8) is 0 Å². The lowest BCUT2D eigenvalue weighted by Gasteiger charge is -2.48. The number of ether oxygens (including phenoxy) is 2. The van der Waals surface area contributed by atoms with Gasteiger partial charge < -0.3 is 9.47 Å². The lowest BCUT2D eigenvalue weighted by molar-refractivity contribution is -0.209. The van der Waals surface area contributed by atoms with Crippen LogP contribution in [0.3, 0.4) is 0 Å². The van der Waals surface area contributed by atoms with Gasteiger partial charge in [0.1, 0.15) is 0 Å². The van der Waals surface area contributed by atoms with Gasteiger partial charge in [0.05, 0.1) is 0 Å². The molecule has 0 saturated heterocycles. The number of carbonyl (C=O) groups excluding carboxylic acids is 1. The average Bonchev–Trinajstić information content (AvgIpc) is 3.11. The van der Waals surface area contributed by atoms with Crippen LogP contribution < -0.4 is 0 Å². The first-order valence-electron chi connectivity index (χ1n) is 10.8. The summed E-state index contributed by atoms with van der Waals surface area (Å²) in [5.74, 6) is 2.56. The van der Waals surface area contributed by atoms with Crippen molar-refractivity contribution in [2.75, 3.05) is 7.11 Å². The van der Waals surface area contributed by atoms with Crippen LogP contribution in [0.15, 0.2) is 11.6 Å². The topological polar surface area (TPSA) is 35.5 Å². The van der Waals surface area contributed by atoms with E-state index in [0.717, 1.165) is 42.1 Å². The summed E-state index contributed by atoms with van der Waals surface area (Å²) in [6, 6.07) is 0. The highest BCUT2D eigenvalue weighted by Gasteiger charge is 2.60. The van der Waals surface area contributed by atoms with Crippen molar-refractivity contribution in [1.29, 1.82) is 0 Å². The molecule has 3 aliphatic rings. The highest BCUT2D eigenvalue weighted by molar-refractivity contribution is 5.86. The molecule has 3 heteroatoms. The Hall–Kier alpha value is -0.830. The summed E-state index contributed by atoms with van der Waals surface area (Å²) in [5.41, 5.74) is 1.41. The smallest absolute Gasteiger partial charge is 0.333 e. The Morgan fingerprint density at radius 1 is 1.23 bits per heavy atom. The first-order chi connectivity index (χ1) is 12.3. The fourth-order valence-corrected chi connectivity index (χ4v) is 6.50. The average molecular weight is 363 g/mol. The van der Waals surface area contributed by atoms with Crippen LogP contribution in [-0.4, -0.2) is 18.9 Å². The van der Waals surface area contributed by atoms with Crippen molar-refractivity contribution in [3.05, 3.63) is 11.6 Å². The molecule has 0 amide bonds. The number of methoxy groups -OCH3 is 1. The predicted octanol–water partition coefficient (Wildman–Crippen LogP) is 5.74. The molecule has 0 bridgehead atoms. The van der Waals surface area contributed by atoms with E-state index in [1.807, 2.05) is 0 Å². The van der Waals surface area contributed by atoms with Crippen molar-refractivity contribution in [2.45, 2.75) is 85.4 Å². The fourth-order valence-electron chi connectivity index (χ4n) is 6.50. The van der Waals surface area contributed by atoms with E-state index in [2.05, 4.69) is 34.6 Å². The third kappa shape index (κ3) is 3.15. The molecule has 0 aromatic carbocycles. The molecule has 1 aliphatic heterocycles. The number of hydrogen-bond donors (Lipinski definition) is 0. The normalized spacial score (nSPS) is 38.6. The van der Waals surface area contributed by atoms with E-state index in [9.17, 15) is 4.79 Å². The summed E-state index contributed by atoms with van der Waals surface area (Å²) < 4.78 is 11.3. The summed E-state index contributed by atoms with van der Waals surface area (Å²) in [4.78, 5) is 12.0. The fraction of sp³-hybridized carbons (Fsp3) is 0.870. The minimum Gasteiger partial charge on any atom is -0.426 e. The highest BCUT2D eigenvalue weighted by atomic mass is 16.7. The molecule has 6 unspecified atom stereocenters. The Kier molecular flexibility index (Phi) is 5.59. The van der Waals surface area contributed by atoms with Gasteiger partial charge in [-0.15, -0.1) is 0 Å². The highest BCUT2D eigenvalue weighted by Crippen LogP contribution is 2.63. The molecule has 2 fully saturated rings. The molecule has 3 rings (SSSR count). The van der Waals surface area contributed by atoms with Crippen LogP contribution in [0.2, 0.25) is 0 Å². The number of esters is 1. The van der Waals surface area contributed by atoms with Gasteiger partial charge in [0, 0.05) is 25.2 Å². The molecule has 0 radical (unpaired) electrons. The molecule has 0 N–H and O–H groups in total. The van der Waals surface area contributed by atoms with E-state index in [0.29, 0.717) is 5.92 Å². The first kappa shape index (κ1) is 19.9. The number of hydrogen-bond acceptors (Lipinski definition) is 3. The van der Waals surface area contributed by atoms with Crippen molar-refractivity contribution in [1.82, 2.24) is 0 Å². The standard InChI is InChI=1S/C23H38O3/c1-7-17(15(2)3)9-8-16(4)18-10-11-19-20-14-21(24)26-23(20,25-6)13-12-22(18,19)5/h14-19H,7-13H2,1-6H3. The Morgan fingerprint density at radius 2 is 1.96 bits per heavy atom. The maximum atomic E-state index is 12.0. The zero-order valence-corrected chi connectivity index (χ0v) is 17.6. The molecule has 2 saturated carbocycles. The summed E-state index contributed by atoms with van der Waals surface area (Å²) in [5, 5.41) is 0. The summed E-state index contributed by atoms with van der Waals surface area (Å²) in [6.45, 7) is 12.0. The molecule has 6 atom stereocenters. The van der Waals surface area contributed by atoms with Crippen LogP contribution in [0.1, 0.15) is 79.6 Å². The first-order valence-corrected chi connectivity index (χ1v) is 10.8.